The van der Waals surface area contributed by atoms with Crippen LogP contribution in [-0.4, -0.2) is 19.7 Å². The van der Waals surface area contributed by atoms with Crippen molar-refractivity contribution in [3.05, 3.63) is 39.9 Å². The minimum absolute atomic E-state index is 0.334. The number of aryl methyl sites for hydroxylation is 1. The fraction of sp³-hybridized carbons (Fsp3) is 0.308. The highest BCUT2D eigenvalue weighted by molar-refractivity contribution is 9.10. The summed E-state index contributed by atoms with van der Waals surface area (Å²) in [6.07, 6.45) is 1.70. The number of carbonyl (C=O) groups excluding carboxylic acids is 1. The summed E-state index contributed by atoms with van der Waals surface area (Å²) < 4.78 is 11.1. The lowest BCUT2D eigenvalue weighted by Gasteiger charge is -2.07. The molecular formula is C13H15BrO3. The van der Waals surface area contributed by atoms with Gasteiger partial charge >= 0.3 is 5.97 Å². The van der Waals surface area contributed by atoms with Crippen LogP contribution in [0.1, 0.15) is 12.5 Å². The van der Waals surface area contributed by atoms with Crippen LogP contribution in [0.25, 0.3) is 0 Å². The first-order chi connectivity index (χ1) is 8.04. The Morgan fingerprint density at radius 2 is 2.18 bits per heavy atom. The molecule has 0 aliphatic carbocycles. The molecule has 3 nitrogen and oxygen atoms in total. The summed E-state index contributed by atoms with van der Waals surface area (Å²) in [7, 11) is 1.36. The Kier molecular flexibility index (Phi) is 5.22. The van der Waals surface area contributed by atoms with E-state index in [9.17, 15) is 4.79 Å². The van der Waals surface area contributed by atoms with Crippen molar-refractivity contribution in [3.8, 4) is 5.75 Å². The lowest BCUT2D eigenvalue weighted by molar-refractivity contribution is -0.136. The number of rotatable bonds is 4. The Balaban J connectivity index is 2.62. The Bertz CT molecular complexity index is 438. The predicted molar refractivity (Wildman–Crippen MR) is 70.1 cm³/mol. The first-order valence-corrected chi connectivity index (χ1v) is 5.98. The molecule has 0 bridgehead atoms. The molecule has 0 radical (unpaired) electrons. The smallest absolute Gasteiger partial charge is 0.333 e. The maximum atomic E-state index is 11.1. The van der Waals surface area contributed by atoms with Gasteiger partial charge in [0.2, 0.25) is 0 Å². The third kappa shape index (κ3) is 4.23. The van der Waals surface area contributed by atoms with Gasteiger partial charge in [-0.05, 0) is 37.6 Å². The number of methoxy groups -OCH3 is 1. The third-order valence-electron chi connectivity index (χ3n) is 2.29. The number of ether oxygens (including phenoxy) is 2. The Labute approximate surface area is 110 Å². The van der Waals surface area contributed by atoms with Gasteiger partial charge in [0.25, 0.3) is 0 Å². The van der Waals surface area contributed by atoms with E-state index in [0.717, 1.165) is 15.8 Å². The van der Waals surface area contributed by atoms with Crippen molar-refractivity contribution in [1.82, 2.24) is 0 Å². The van der Waals surface area contributed by atoms with E-state index in [1.54, 1.807) is 13.0 Å². The van der Waals surface area contributed by atoms with Crippen LogP contribution in [0.5, 0.6) is 5.75 Å². The Morgan fingerprint density at radius 3 is 2.82 bits per heavy atom. The van der Waals surface area contributed by atoms with Crippen molar-refractivity contribution in [2.45, 2.75) is 13.8 Å². The van der Waals surface area contributed by atoms with Gasteiger partial charge in [0.15, 0.2) is 0 Å². The first-order valence-electron chi connectivity index (χ1n) is 5.18. The molecular weight excluding hydrogens is 284 g/mol. The fourth-order valence-corrected chi connectivity index (χ4v) is 1.57. The van der Waals surface area contributed by atoms with Crippen molar-refractivity contribution in [2.75, 3.05) is 13.7 Å². The van der Waals surface area contributed by atoms with E-state index in [1.807, 2.05) is 25.1 Å². The average Bonchev–Trinajstić information content (AvgIpc) is 2.32. The molecule has 0 unspecified atom stereocenters. The molecule has 0 saturated carbocycles. The van der Waals surface area contributed by atoms with Gasteiger partial charge in [0.1, 0.15) is 12.4 Å². The van der Waals surface area contributed by atoms with Crippen molar-refractivity contribution >= 4 is 21.9 Å². The number of halogens is 1. The van der Waals surface area contributed by atoms with Crippen LogP contribution in [-0.2, 0) is 9.53 Å². The van der Waals surface area contributed by atoms with Crippen LogP contribution >= 0.6 is 15.9 Å². The number of benzene rings is 1. The molecule has 0 heterocycles. The molecule has 4 heteroatoms. The summed E-state index contributed by atoms with van der Waals surface area (Å²) in [5.74, 6) is 0.466. The molecule has 0 amide bonds. The van der Waals surface area contributed by atoms with E-state index >= 15 is 0 Å². The second kappa shape index (κ2) is 6.45. The summed E-state index contributed by atoms with van der Waals surface area (Å²) in [5.41, 5.74) is 1.59. The highest BCUT2D eigenvalue weighted by Gasteiger charge is 2.03. The van der Waals surface area contributed by atoms with Crippen molar-refractivity contribution in [3.63, 3.8) is 0 Å². The molecule has 0 saturated heterocycles. The summed E-state index contributed by atoms with van der Waals surface area (Å²) in [6, 6.07) is 5.82. The molecule has 0 spiro atoms. The number of hydrogen-bond acceptors (Lipinski definition) is 3. The van der Waals surface area contributed by atoms with Crippen LogP contribution in [0.15, 0.2) is 34.3 Å². The van der Waals surface area contributed by atoms with Crippen LogP contribution in [0, 0.1) is 6.92 Å². The van der Waals surface area contributed by atoms with Gasteiger partial charge in [-0.2, -0.15) is 0 Å². The number of carbonyl (C=O) groups is 1. The minimum atomic E-state index is -0.334. The fourth-order valence-electron chi connectivity index (χ4n) is 1.23. The molecule has 0 aliphatic heterocycles. The molecule has 1 aromatic carbocycles. The van der Waals surface area contributed by atoms with Gasteiger partial charge in [-0.25, -0.2) is 4.79 Å². The number of esters is 1. The van der Waals surface area contributed by atoms with Gasteiger partial charge in [0, 0.05) is 10.0 Å². The van der Waals surface area contributed by atoms with Crippen molar-refractivity contribution < 1.29 is 14.3 Å². The summed E-state index contributed by atoms with van der Waals surface area (Å²) in [6.45, 7) is 4.01. The SMILES string of the molecule is COC(=O)/C(C)=C/COc1cc(Br)ccc1C. The maximum Gasteiger partial charge on any atom is 0.333 e. The molecule has 1 aromatic rings. The molecule has 0 aliphatic rings. The quantitative estimate of drug-likeness (QED) is 0.632. The monoisotopic (exact) mass is 298 g/mol. The van der Waals surface area contributed by atoms with E-state index in [-0.39, 0.29) is 5.97 Å². The van der Waals surface area contributed by atoms with Crippen molar-refractivity contribution in [2.24, 2.45) is 0 Å². The Hall–Kier alpha value is -1.29. The van der Waals surface area contributed by atoms with E-state index in [4.69, 9.17) is 4.74 Å². The normalized spacial score (nSPS) is 11.2. The standard InChI is InChI=1S/C13H15BrO3/c1-9-4-5-11(14)8-12(9)17-7-6-10(2)13(15)16-3/h4-6,8H,7H2,1-3H3/b10-6+. The Morgan fingerprint density at radius 1 is 1.47 bits per heavy atom. The summed E-state index contributed by atoms with van der Waals surface area (Å²) >= 11 is 3.38. The topological polar surface area (TPSA) is 35.5 Å². The van der Waals surface area contributed by atoms with Gasteiger partial charge in [-0.1, -0.05) is 22.0 Å². The van der Waals surface area contributed by atoms with E-state index < -0.39 is 0 Å². The second-order valence-electron chi connectivity index (χ2n) is 3.60. The van der Waals surface area contributed by atoms with Crippen LogP contribution in [0.2, 0.25) is 0 Å². The van der Waals surface area contributed by atoms with Crippen LogP contribution in [0.3, 0.4) is 0 Å². The van der Waals surface area contributed by atoms with Crippen LogP contribution in [0.4, 0.5) is 0 Å². The molecule has 92 valence electrons. The van der Waals surface area contributed by atoms with Gasteiger partial charge in [0.05, 0.1) is 7.11 Å². The van der Waals surface area contributed by atoms with Gasteiger partial charge in [-0.15, -0.1) is 0 Å². The van der Waals surface area contributed by atoms with E-state index in [2.05, 4.69) is 20.7 Å². The molecule has 0 aromatic heterocycles. The molecule has 17 heavy (non-hydrogen) atoms. The highest BCUT2D eigenvalue weighted by atomic mass is 79.9. The van der Waals surface area contributed by atoms with Crippen LogP contribution < -0.4 is 4.74 Å². The lowest BCUT2D eigenvalue weighted by Crippen LogP contribution is -2.04. The second-order valence-corrected chi connectivity index (χ2v) is 4.52. The summed E-state index contributed by atoms with van der Waals surface area (Å²) in [4.78, 5) is 11.1. The lowest BCUT2D eigenvalue weighted by atomic mass is 10.2. The zero-order valence-electron chi connectivity index (χ0n) is 10.1. The average molecular weight is 299 g/mol. The zero-order valence-corrected chi connectivity index (χ0v) is 11.7. The predicted octanol–water partition coefficient (Wildman–Crippen LogP) is 3.26. The highest BCUT2D eigenvalue weighted by Crippen LogP contribution is 2.22. The maximum absolute atomic E-state index is 11.1. The first kappa shape index (κ1) is 13.8. The van der Waals surface area contributed by atoms with Gasteiger partial charge < -0.3 is 9.47 Å². The minimum Gasteiger partial charge on any atom is -0.489 e. The number of hydrogen-bond donors (Lipinski definition) is 0. The zero-order chi connectivity index (χ0) is 12.8. The molecule has 0 fully saturated rings. The van der Waals surface area contributed by atoms with Gasteiger partial charge in [-0.3, -0.25) is 0 Å². The molecule has 0 N–H and O–H groups in total. The largest absolute Gasteiger partial charge is 0.489 e. The summed E-state index contributed by atoms with van der Waals surface area (Å²) in [5, 5.41) is 0. The molecule has 0 atom stereocenters. The van der Waals surface area contributed by atoms with E-state index in [0.29, 0.717) is 12.2 Å². The van der Waals surface area contributed by atoms with E-state index in [1.165, 1.54) is 7.11 Å². The van der Waals surface area contributed by atoms with Crippen molar-refractivity contribution in [1.29, 1.82) is 0 Å². The molecule has 1 rings (SSSR count). The third-order valence-corrected chi connectivity index (χ3v) is 2.78.